The molecule has 0 bridgehead atoms. The normalized spacial score (nSPS) is 15.8. The molecule has 1 aliphatic rings. The van der Waals surface area contributed by atoms with E-state index >= 15 is 0 Å². The maximum atomic E-state index is 12.1. The second-order valence-corrected chi connectivity index (χ2v) is 5.76. The number of nitrogens with zero attached hydrogens (tertiary/aromatic N) is 3. The van der Waals surface area contributed by atoms with Gasteiger partial charge in [-0.2, -0.15) is 5.10 Å². The van der Waals surface area contributed by atoms with Crippen LogP contribution in [0.5, 0.6) is 0 Å². The Hall–Kier alpha value is -1.45. The van der Waals surface area contributed by atoms with Crippen LogP contribution in [0.15, 0.2) is 18.0 Å². The fourth-order valence-electron chi connectivity index (χ4n) is 2.51. The third-order valence-corrected chi connectivity index (χ3v) is 3.43. The van der Waals surface area contributed by atoms with Crippen molar-refractivity contribution in [1.82, 2.24) is 14.8 Å². The molecule has 0 radical (unpaired) electrons. The summed E-state index contributed by atoms with van der Waals surface area (Å²) in [6.07, 6.45) is 9.68. The van der Waals surface area contributed by atoms with E-state index in [4.69, 9.17) is 0 Å². The van der Waals surface area contributed by atoms with Crippen molar-refractivity contribution in [3.8, 4) is 0 Å². The first-order valence-corrected chi connectivity index (χ1v) is 7.24. The Kier molecular flexibility index (Phi) is 4.88. The third kappa shape index (κ3) is 4.30. The van der Waals surface area contributed by atoms with Crippen LogP contribution < -0.4 is 0 Å². The van der Waals surface area contributed by atoms with Gasteiger partial charge in [-0.15, -0.1) is 0 Å². The van der Waals surface area contributed by atoms with Gasteiger partial charge in [0.25, 0.3) is 0 Å². The lowest BCUT2D eigenvalue weighted by atomic mass is 9.94. The molecule has 0 amide bonds. The summed E-state index contributed by atoms with van der Waals surface area (Å²) < 4.78 is 1.85. The van der Waals surface area contributed by atoms with Gasteiger partial charge in [0.05, 0.1) is 6.42 Å². The number of carbonyl (C=O) groups is 1. The molecule has 19 heavy (non-hydrogen) atoms. The van der Waals surface area contributed by atoms with Gasteiger partial charge in [0.15, 0.2) is 5.78 Å². The van der Waals surface area contributed by atoms with Gasteiger partial charge >= 0.3 is 0 Å². The minimum absolute atomic E-state index is 0.162. The number of ketones is 1. The van der Waals surface area contributed by atoms with E-state index in [1.807, 2.05) is 10.8 Å². The summed E-state index contributed by atoms with van der Waals surface area (Å²) in [5.74, 6) is 1.45. The highest BCUT2D eigenvalue weighted by Crippen LogP contribution is 2.22. The Morgan fingerprint density at radius 2 is 2.11 bits per heavy atom. The van der Waals surface area contributed by atoms with Crippen LogP contribution in [0.1, 0.15) is 51.8 Å². The average Bonchev–Trinajstić information content (AvgIpc) is 2.77. The van der Waals surface area contributed by atoms with Crippen molar-refractivity contribution in [2.24, 2.45) is 5.92 Å². The molecule has 2 rings (SSSR count). The van der Waals surface area contributed by atoms with Gasteiger partial charge < -0.3 is 0 Å². The molecule has 0 aliphatic heterocycles. The van der Waals surface area contributed by atoms with E-state index in [1.54, 1.807) is 6.33 Å². The topological polar surface area (TPSA) is 47.8 Å². The zero-order valence-electron chi connectivity index (χ0n) is 11.9. The van der Waals surface area contributed by atoms with E-state index in [0.29, 0.717) is 12.3 Å². The van der Waals surface area contributed by atoms with Gasteiger partial charge in [-0.3, -0.25) is 4.79 Å². The molecule has 0 spiro atoms. The fraction of sp³-hybridized carbons (Fsp3) is 0.667. The zero-order valence-corrected chi connectivity index (χ0v) is 11.9. The second-order valence-electron chi connectivity index (χ2n) is 5.76. The van der Waals surface area contributed by atoms with Crippen molar-refractivity contribution in [1.29, 1.82) is 0 Å². The van der Waals surface area contributed by atoms with Gasteiger partial charge in [-0.1, -0.05) is 25.8 Å². The molecule has 1 aliphatic carbocycles. The minimum Gasteiger partial charge on any atom is -0.294 e. The number of allylic oxidation sites excluding steroid dienone is 2. The van der Waals surface area contributed by atoms with Crippen LogP contribution in [0.3, 0.4) is 0 Å². The van der Waals surface area contributed by atoms with E-state index in [0.717, 1.165) is 25.2 Å². The SMILES string of the molecule is CC(C)Cn1ncnc1CC(=O)C=C1CCCCC1. The Bertz CT molecular complexity index is 452. The Balaban J connectivity index is 1.96. The van der Waals surface area contributed by atoms with Crippen LogP contribution in [0.4, 0.5) is 0 Å². The molecule has 104 valence electrons. The lowest BCUT2D eigenvalue weighted by Crippen LogP contribution is -2.13. The minimum atomic E-state index is 0.162. The number of hydrogen-bond donors (Lipinski definition) is 0. The van der Waals surface area contributed by atoms with Crippen molar-refractivity contribution >= 4 is 5.78 Å². The molecule has 4 heteroatoms. The van der Waals surface area contributed by atoms with Crippen LogP contribution in [0.2, 0.25) is 0 Å². The van der Waals surface area contributed by atoms with Crippen molar-refractivity contribution < 1.29 is 4.79 Å². The van der Waals surface area contributed by atoms with E-state index in [2.05, 4.69) is 23.9 Å². The first-order valence-electron chi connectivity index (χ1n) is 7.24. The molecule has 0 N–H and O–H groups in total. The second kappa shape index (κ2) is 6.64. The molecule has 1 heterocycles. The molecular formula is C15H23N3O. The quantitative estimate of drug-likeness (QED) is 0.766. The number of hydrogen-bond acceptors (Lipinski definition) is 3. The molecule has 0 aromatic carbocycles. The molecule has 1 fully saturated rings. The summed E-state index contributed by atoms with van der Waals surface area (Å²) in [7, 11) is 0. The molecule has 4 nitrogen and oxygen atoms in total. The summed E-state index contributed by atoms with van der Waals surface area (Å²) in [4.78, 5) is 16.3. The van der Waals surface area contributed by atoms with Gasteiger partial charge in [-0.25, -0.2) is 9.67 Å². The van der Waals surface area contributed by atoms with Crippen molar-refractivity contribution in [3.63, 3.8) is 0 Å². The number of aromatic nitrogens is 3. The van der Waals surface area contributed by atoms with Crippen molar-refractivity contribution in [3.05, 3.63) is 23.8 Å². The van der Waals surface area contributed by atoms with Crippen molar-refractivity contribution in [2.75, 3.05) is 0 Å². The maximum Gasteiger partial charge on any atom is 0.163 e. The Labute approximate surface area is 114 Å². The molecule has 0 unspecified atom stereocenters. The predicted molar refractivity (Wildman–Crippen MR) is 74.7 cm³/mol. The van der Waals surface area contributed by atoms with E-state index in [9.17, 15) is 4.79 Å². The third-order valence-electron chi connectivity index (χ3n) is 3.43. The number of carbonyl (C=O) groups excluding carboxylic acids is 1. The van der Waals surface area contributed by atoms with Crippen LogP contribution in [0, 0.1) is 5.92 Å². The summed E-state index contributed by atoms with van der Waals surface area (Å²) in [5, 5.41) is 4.19. The highest BCUT2D eigenvalue weighted by atomic mass is 16.1. The molecular weight excluding hydrogens is 238 g/mol. The van der Waals surface area contributed by atoms with E-state index < -0.39 is 0 Å². The Morgan fingerprint density at radius 1 is 1.37 bits per heavy atom. The Morgan fingerprint density at radius 3 is 2.79 bits per heavy atom. The molecule has 1 aromatic heterocycles. The standard InChI is InChI=1S/C15H23N3O/c1-12(2)10-18-15(16-11-17-18)9-14(19)8-13-6-4-3-5-7-13/h8,11-12H,3-7,9-10H2,1-2H3. The van der Waals surface area contributed by atoms with Crippen LogP contribution in [-0.4, -0.2) is 20.5 Å². The van der Waals surface area contributed by atoms with Crippen LogP contribution in [0.25, 0.3) is 0 Å². The summed E-state index contributed by atoms with van der Waals surface area (Å²) in [5.41, 5.74) is 1.31. The van der Waals surface area contributed by atoms with Crippen molar-refractivity contribution in [2.45, 2.75) is 58.9 Å². The first-order chi connectivity index (χ1) is 9.15. The highest BCUT2D eigenvalue weighted by molar-refractivity contribution is 5.91. The lowest BCUT2D eigenvalue weighted by Gasteiger charge is -2.13. The monoisotopic (exact) mass is 261 g/mol. The van der Waals surface area contributed by atoms with Gasteiger partial charge in [0, 0.05) is 6.54 Å². The van der Waals surface area contributed by atoms with Gasteiger partial charge in [-0.05, 0) is 37.7 Å². The van der Waals surface area contributed by atoms with Gasteiger partial charge in [0.2, 0.25) is 0 Å². The largest absolute Gasteiger partial charge is 0.294 e. The first kappa shape index (κ1) is 14.0. The molecule has 1 saturated carbocycles. The number of rotatable bonds is 5. The van der Waals surface area contributed by atoms with E-state index in [1.165, 1.54) is 24.8 Å². The molecule has 1 aromatic rings. The van der Waals surface area contributed by atoms with Crippen LogP contribution >= 0.6 is 0 Å². The van der Waals surface area contributed by atoms with E-state index in [-0.39, 0.29) is 5.78 Å². The van der Waals surface area contributed by atoms with Gasteiger partial charge in [0.1, 0.15) is 12.2 Å². The average molecular weight is 261 g/mol. The summed E-state index contributed by atoms with van der Waals surface area (Å²) in [6, 6.07) is 0. The van der Waals surface area contributed by atoms with Crippen LogP contribution in [-0.2, 0) is 17.8 Å². The highest BCUT2D eigenvalue weighted by Gasteiger charge is 2.12. The summed E-state index contributed by atoms with van der Waals surface area (Å²) in [6.45, 7) is 5.09. The zero-order chi connectivity index (χ0) is 13.7. The fourth-order valence-corrected chi connectivity index (χ4v) is 2.51. The molecule has 0 saturated heterocycles. The smallest absolute Gasteiger partial charge is 0.163 e. The maximum absolute atomic E-state index is 12.1. The molecule has 0 atom stereocenters. The lowest BCUT2D eigenvalue weighted by molar-refractivity contribution is -0.114. The predicted octanol–water partition coefficient (Wildman–Crippen LogP) is 2.94. The summed E-state index contributed by atoms with van der Waals surface area (Å²) >= 11 is 0.